The summed E-state index contributed by atoms with van der Waals surface area (Å²) in [7, 11) is 1.66. The molecule has 0 spiro atoms. The first-order valence-corrected chi connectivity index (χ1v) is 7.64. The zero-order valence-corrected chi connectivity index (χ0v) is 14.5. The molecule has 2 aromatic rings. The topological polar surface area (TPSA) is 54.7 Å². The Bertz CT molecular complexity index is 704. The van der Waals surface area contributed by atoms with Gasteiger partial charge in [-0.15, -0.1) is 0 Å². The van der Waals surface area contributed by atoms with Crippen LogP contribution in [0.3, 0.4) is 0 Å². The maximum atomic E-state index is 12.2. The third-order valence-electron chi connectivity index (χ3n) is 3.23. The van der Waals surface area contributed by atoms with E-state index in [9.17, 15) is 9.18 Å². The van der Waals surface area contributed by atoms with Gasteiger partial charge in [0, 0.05) is 18.8 Å². The number of carbonyl (C=O) groups is 1. The van der Waals surface area contributed by atoms with Crippen LogP contribution in [0.25, 0.3) is 0 Å². The lowest BCUT2D eigenvalue weighted by molar-refractivity contribution is 0.101. The predicted octanol–water partition coefficient (Wildman–Crippen LogP) is 4.14. The number of aliphatic imine (C=N–C) groups is 2. The number of Topliss-reactive ketones (excluding diaryl/α,β-unsaturated/α-hetero) is 1. The number of carbonyl (C=O) groups excluding carboxylic acids is 1. The molecule has 0 bridgehead atoms. The van der Waals surface area contributed by atoms with E-state index in [0.717, 1.165) is 17.8 Å². The van der Waals surface area contributed by atoms with E-state index in [1.54, 1.807) is 37.5 Å². The highest BCUT2D eigenvalue weighted by atomic mass is 19.1. The van der Waals surface area contributed by atoms with Gasteiger partial charge in [-0.2, -0.15) is 0 Å². The van der Waals surface area contributed by atoms with Gasteiger partial charge in [-0.3, -0.25) is 14.8 Å². The van der Waals surface area contributed by atoms with Gasteiger partial charge in [-0.1, -0.05) is 19.1 Å². The molecule has 0 aliphatic heterocycles. The lowest BCUT2D eigenvalue weighted by Crippen LogP contribution is -2.01. The molecule has 4 nitrogen and oxygen atoms in total. The maximum Gasteiger partial charge on any atom is 0.161 e. The lowest BCUT2D eigenvalue weighted by atomic mass is 10.2. The highest BCUT2D eigenvalue weighted by Gasteiger charge is 2.01. The molecule has 1 aromatic carbocycles. The second-order valence-electron chi connectivity index (χ2n) is 5.06. The summed E-state index contributed by atoms with van der Waals surface area (Å²) >= 11 is 0. The Hall–Kier alpha value is -2.69. The quantitative estimate of drug-likeness (QED) is 0.481. The van der Waals surface area contributed by atoms with Gasteiger partial charge in [0.05, 0.1) is 11.4 Å². The smallest absolute Gasteiger partial charge is 0.161 e. The van der Waals surface area contributed by atoms with E-state index < -0.39 is 0 Å². The molecule has 5 heteroatoms. The summed E-state index contributed by atoms with van der Waals surface area (Å²) in [6.45, 7) is 5.41. The minimum Gasteiger partial charge on any atom is -0.294 e. The van der Waals surface area contributed by atoms with Gasteiger partial charge >= 0.3 is 0 Å². The van der Waals surface area contributed by atoms with Gasteiger partial charge in [0.25, 0.3) is 0 Å². The fourth-order valence-corrected chi connectivity index (χ4v) is 1.75. The molecule has 126 valence electrons. The molecule has 0 amide bonds. The highest BCUT2D eigenvalue weighted by Crippen LogP contribution is 2.03. The molecule has 1 aromatic heterocycles. The molecule has 0 aliphatic carbocycles. The van der Waals surface area contributed by atoms with Crippen LogP contribution in [-0.4, -0.2) is 29.9 Å². The van der Waals surface area contributed by atoms with Gasteiger partial charge in [0.1, 0.15) is 12.2 Å². The van der Waals surface area contributed by atoms with E-state index >= 15 is 0 Å². The van der Waals surface area contributed by atoms with E-state index in [0.29, 0.717) is 5.56 Å². The fraction of sp³-hybridized carbons (Fsp3) is 0.263. The van der Waals surface area contributed by atoms with Crippen molar-refractivity contribution in [3.05, 3.63) is 65.2 Å². The van der Waals surface area contributed by atoms with Crippen LogP contribution in [0.1, 0.15) is 42.4 Å². The van der Waals surface area contributed by atoms with E-state index in [-0.39, 0.29) is 11.6 Å². The number of aromatic nitrogens is 1. The SMILES string of the molecule is CCc1ccc(F)cc1.CN=CN=C(C)c1ccc(C(C)=O)cn1. The third kappa shape index (κ3) is 6.60. The van der Waals surface area contributed by atoms with Crippen molar-refractivity contribution >= 4 is 17.8 Å². The molecule has 0 N–H and O–H groups in total. The molecule has 1 heterocycles. The monoisotopic (exact) mass is 327 g/mol. The van der Waals surface area contributed by atoms with Crippen molar-refractivity contribution in [3.63, 3.8) is 0 Å². The van der Waals surface area contributed by atoms with Gasteiger partial charge in [-0.25, -0.2) is 9.38 Å². The maximum absolute atomic E-state index is 12.2. The molecule has 0 aliphatic rings. The first kappa shape index (κ1) is 19.4. The Morgan fingerprint density at radius 1 is 1.17 bits per heavy atom. The summed E-state index contributed by atoms with van der Waals surface area (Å²) in [6, 6.07) is 10.1. The molecule has 0 unspecified atom stereocenters. The van der Waals surface area contributed by atoms with Crippen molar-refractivity contribution in [1.82, 2.24) is 4.98 Å². The average molecular weight is 327 g/mol. The molecule has 0 saturated carbocycles. The second-order valence-corrected chi connectivity index (χ2v) is 5.06. The minimum atomic E-state index is -0.160. The third-order valence-corrected chi connectivity index (χ3v) is 3.23. The van der Waals surface area contributed by atoms with E-state index in [2.05, 4.69) is 15.0 Å². The number of pyridine rings is 1. The van der Waals surface area contributed by atoms with Crippen molar-refractivity contribution in [2.24, 2.45) is 9.98 Å². The van der Waals surface area contributed by atoms with Gasteiger partial charge in [0.15, 0.2) is 5.78 Å². The Balaban J connectivity index is 0.000000272. The van der Waals surface area contributed by atoms with Crippen LogP contribution in [0.4, 0.5) is 4.39 Å². The summed E-state index contributed by atoms with van der Waals surface area (Å²) in [5.74, 6) is -0.147. The first-order valence-electron chi connectivity index (χ1n) is 7.64. The zero-order valence-electron chi connectivity index (χ0n) is 14.5. The Kier molecular flexibility index (Phi) is 8.19. The number of nitrogens with zero attached hydrogens (tertiary/aromatic N) is 3. The molecule has 24 heavy (non-hydrogen) atoms. The fourth-order valence-electron chi connectivity index (χ4n) is 1.75. The lowest BCUT2D eigenvalue weighted by Gasteiger charge is -1.99. The summed E-state index contributed by atoms with van der Waals surface area (Å²) in [6.07, 6.45) is 4.00. The van der Waals surface area contributed by atoms with Crippen LogP contribution < -0.4 is 0 Å². The average Bonchev–Trinajstić information content (AvgIpc) is 2.61. The summed E-state index contributed by atoms with van der Waals surface area (Å²) < 4.78 is 12.2. The Morgan fingerprint density at radius 3 is 2.29 bits per heavy atom. The zero-order chi connectivity index (χ0) is 17.9. The van der Waals surface area contributed by atoms with E-state index in [1.807, 2.05) is 13.8 Å². The number of benzene rings is 1. The summed E-state index contributed by atoms with van der Waals surface area (Å²) in [4.78, 5) is 23.0. The van der Waals surface area contributed by atoms with E-state index in [4.69, 9.17) is 0 Å². The van der Waals surface area contributed by atoms with E-state index in [1.165, 1.54) is 31.0 Å². The standard InChI is InChI=1S/C11H13N3O.C8H9F/c1-8(14-7-12-3)11-5-4-10(6-13-11)9(2)15;1-2-7-3-5-8(9)6-4-7/h4-7H,1-3H3;3-6H,2H2,1H3. The van der Waals surface area contributed by atoms with Crippen LogP contribution in [0.5, 0.6) is 0 Å². The number of ketones is 1. The number of halogens is 1. The highest BCUT2D eigenvalue weighted by molar-refractivity contribution is 6.01. The number of rotatable bonds is 4. The molecule has 0 fully saturated rings. The minimum absolute atomic E-state index is 0.0127. The van der Waals surface area contributed by atoms with Crippen molar-refractivity contribution in [2.45, 2.75) is 27.2 Å². The predicted molar refractivity (Wildman–Crippen MR) is 96.6 cm³/mol. The van der Waals surface area contributed by atoms with Crippen LogP contribution in [-0.2, 0) is 6.42 Å². The molecule has 0 radical (unpaired) electrons. The van der Waals surface area contributed by atoms with Crippen LogP contribution in [0.15, 0.2) is 52.6 Å². The first-order chi connectivity index (χ1) is 11.5. The molecule has 0 saturated heterocycles. The molecular formula is C19H22FN3O. The normalized spacial score (nSPS) is 11.1. The van der Waals surface area contributed by atoms with Crippen molar-refractivity contribution in [1.29, 1.82) is 0 Å². The molecule has 0 atom stereocenters. The van der Waals surface area contributed by atoms with Crippen molar-refractivity contribution in [2.75, 3.05) is 7.05 Å². The number of hydrogen-bond donors (Lipinski definition) is 0. The van der Waals surface area contributed by atoms with Crippen LogP contribution in [0, 0.1) is 5.82 Å². The second kappa shape index (κ2) is 10.2. The van der Waals surface area contributed by atoms with Crippen molar-refractivity contribution in [3.8, 4) is 0 Å². The van der Waals surface area contributed by atoms with Crippen LogP contribution >= 0.6 is 0 Å². The van der Waals surface area contributed by atoms with Crippen molar-refractivity contribution < 1.29 is 9.18 Å². The summed E-state index contributed by atoms with van der Waals surface area (Å²) in [5.41, 5.74) is 3.31. The number of aryl methyl sites for hydroxylation is 1. The van der Waals surface area contributed by atoms with Crippen LogP contribution in [0.2, 0.25) is 0 Å². The Morgan fingerprint density at radius 2 is 1.83 bits per heavy atom. The number of hydrogen-bond acceptors (Lipinski definition) is 3. The summed E-state index contributed by atoms with van der Waals surface area (Å²) in [5, 5.41) is 0. The molecule has 2 rings (SSSR count). The van der Waals surface area contributed by atoms with Gasteiger partial charge < -0.3 is 0 Å². The van der Waals surface area contributed by atoms with Gasteiger partial charge in [-0.05, 0) is 50.1 Å². The Labute approximate surface area is 142 Å². The molecular weight excluding hydrogens is 305 g/mol. The largest absolute Gasteiger partial charge is 0.294 e. The van der Waals surface area contributed by atoms with Gasteiger partial charge in [0.2, 0.25) is 0 Å².